The van der Waals surface area contributed by atoms with Crippen LogP contribution in [0.5, 0.6) is 5.75 Å². The SMILES string of the molecule is CC(NC(C)c1ccc(F)cc1)c1ccc(O)cc1. The number of benzene rings is 2. The molecule has 0 aliphatic carbocycles. The Balaban J connectivity index is 2.03. The fourth-order valence-corrected chi connectivity index (χ4v) is 2.08. The summed E-state index contributed by atoms with van der Waals surface area (Å²) in [6.45, 7) is 4.11. The van der Waals surface area contributed by atoms with Crippen molar-refractivity contribution in [2.45, 2.75) is 25.9 Å². The fraction of sp³-hybridized carbons (Fsp3) is 0.250. The van der Waals surface area contributed by atoms with Gasteiger partial charge >= 0.3 is 0 Å². The van der Waals surface area contributed by atoms with Crippen molar-refractivity contribution in [3.63, 3.8) is 0 Å². The van der Waals surface area contributed by atoms with Crippen molar-refractivity contribution in [2.24, 2.45) is 0 Å². The monoisotopic (exact) mass is 259 g/mol. The Morgan fingerprint density at radius 3 is 1.74 bits per heavy atom. The first-order valence-electron chi connectivity index (χ1n) is 6.36. The minimum absolute atomic E-state index is 0.129. The van der Waals surface area contributed by atoms with Crippen LogP contribution in [0.3, 0.4) is 0 Å². The molecule has 2 rings (SSSR count). The minimum atomic E-state index is -0.220. The molecule has 2 N–H and O–H groups in total. The van der Waals surface area contributed by atoms with Crippen molar-refractivity contribution < 1.29 is 9.50 Å². The molecule has 19 heavy (non-hydrogen) atoms. The number of aromatic hydroxyl groups is 1. The van der Waals surface area contributed by atoms with Gasteiger partial charge in [0.1, 0.15) is 11.6 Å². The Kier molecular flexibility index (Phi) is 4.17. The van der Waals surface area contributed by atoms with E-state index in [9.17, 15) is 9.50 Å². The molecule has 2 aromatic carbocycles. The van der Waals surface area contributed by atoms with Gasteiger partial charge in [-0.1, -0.05) is 24.3 Å². The highest BCUT2D eigenvalue weighted by Gasteiger charge is 2.11. The Morgan fingerprint density at radius 2 is 1.26 bits per heavy atom. The van der Waals surface area contributed by atoms with E-state index in [1.165, 1.54) is 12.1 Å². The van der Waals surface area contributed by atoms with Crippen LogP contribution in [0, 0.1) is 5.82 Å². The zero-order valence-corrected chi connectivity index (χ0v) is 11.1. The molecule has 0 amide bonds. The Hall–Kier alpha value is -1.87. The third-order valence-electron chi connectivity index (χ3n) is 3.26. The molecule has 2 nitrogen and oxygen atoms in total. The molecule has 0 aliphatic rings. The summed E-state index contributed by atoms with van der Waals surface area (Å²) in [7, 11) is 0. The molecule has 2 unspecified atom stereocenters. The van der Waals surface area contributed by atoms with Crippen molar-refractivity contribution >= 4 is 0 Å². The average molecular weight is 259 g/mol. The van der Waals surface area contributed by atoms with E-state index in [1.54, 1.807) is 24.3 Å². The molecule has 2 aromatic rings. The van der Waals surface area contributed by atoms with E-state index in [-0.39, 0.29) is 23.7 Å². The van der Waals surface area contributed by atoms with Crippen LogP contribution in [0.25, 0.3) is 0 Å². The summed E-state index contributed by atoms with van der Waals surface area (Å²) in [5.74, 6) is 0.0464. The van der Waals surface area contributed by atoms with Crippen molar-refractivity contribution in [2.75, 3.05) is 0 Å². The molecule has 0 fully saturated rings. The van der Waals surface area contributed by atoms with Crippen molar-refractivity contribution in [1.29, 1.82) is 0 Å². The fourth-order valence-electron chi connectivity index (χ4n) is 2.08. The second kappa shape index (κ2) is 5.85. The number of rotatable bonds is 4. The average Bonchev–Trinajstić information content (AvgIpc) is 2.40. The predicted octanol–water partition coefficient (Wildman–Crippen LogP) is 3.94. The molecule has 100 valence electrons. The summed E-state index contributed by atoms with van der Waals surface area (Å²) < 4.78 is 12.9. The van der Waals surface area contributed by atoms with Crippen LogP contribution in [0.2, 0.25) is 0 Å². The zero-order valence-electron chi connectivity index (χ0n) is 11.1. The van der Waals surface area contributed by atoms with Crippen molar-refractivity contribution in [3.8, 4) is 5.75 Å². The van der Waals surface area contributed by atoms with Crippen LogP contribution < -0.4 is 5.32 Å². The number of phenols is 1. The van der Waals surface area contributed by atoms with Crippen LogP contribution in [-0.2, 0) is 0 Å². The largest absolute Gasteiger partial charge is 0.508 e. The summed E-state index contributed by atoms with van der Waals surface area (Å²) in [4.78, 5) is 0. The molecule has 0 aromatic heterocycles. The maximum atomic E-state index is 12.9. The Labute approximate surface area is 112 Å². The van der Waals surface area contributed by atoms with Crippen LogP contribution in [0.4, 0.5) is 4.39 Å². The lowest BCUT2D eigenvalue weighted by Crippen LogP contribution is -2.22. The van der Waals surface area contributed by atoms with Gasteiger partial charge in [-0.25, -0.2) is 4.39 Å². The smallest absolute Gasteiger partial charge is 0.123 e. The third kappa shape index (κ3) is 3.55. The molecule has 2 atom stereocenters. The lowest BCUT2D eigenvalue weighted by atomic mass is 10.0. The number of hydrogen-bond acceptors (Lipinski definition) is 2. The van der Waals surface area contributed by atoms with Crippen molar-refractivity contribution in [1.82, 2.24) is 5.32 Å². The standard InChI is InChI=1S/C16H18FNO/c1-11(13-3-7-15(17)8-4-13)18-12(2)14-5-9-16(19)10-6-14/h3-12,18-19H,1-2H3. The topological polar surface area (TPSA) is 32.3 Å². The van der Waals surface area contributed by atoms with Crippen LogP contribution in [-0.4, -0.2) is 5.11 Å². The molecule has 0 saturated carbocycles. The van der Waals surface area contributed by atoms with Gasteiger partial charge in [-0.15, -0.1) is 0 Å². The quantitative estimate of drug-likeness (QED) is 0.871. The van der Waals surface area contributed by atoms with Crippen LogP contribution in [0.1, 0.15) is 37.1 Å². The van der Waals surface area contributed by atoms with Crippen LogP contribution in [0.15, 0.2) is 48.5 Å². The van der Waals surface area contributed by atoms with Gasteiger partial charge in [-0.05, 0) is 49.2 Å². The lowest BCUT2D eigenvalue weighted by molar-refractivity contribution is 0.472. The van der Waals surface area contributed by atoms with E-state index < -0.39 is 0 Å². The summed E-state index contributed by atoms with van der Waals surface area (Å²) >= 11 is 0. The maximum Gasteiger partial charge on any atom is 0.123 e. The molecule has 0 saturated heterocycles. The van der Waals surface area contributed by atoms with Gasteiger partial charge in [0.25, 0.3) is 0 Å². The normalized spacial score (nSPS) is 14.1. The van der Waals surface area contributed by atoms with Gasteiger partial charge in [-0.2, -0.15) is 0 Å². The number of halogens is 1. The Bertz CT molecular complexity index is 472. The molecular weight excluding hydrogens is 241 g/mol. The summed E-state index contributed by atoms with van der Waals surface area (Å²) in [6, 6.07) is 13.9. The lowest BCUT2D eigenvalue weighted by Gasteiger charge is -2.20. The van der Waals surface area contributed by atoms with E-state index >= 15 is 0 Å². The second-order valence-corrected chi connectivity index (χ2v) is 4.75. The van der Waals surface area contributed by atoms with E-state index in [0.717, 1.165) is 11.1 Å². The molecular formula is C16H18FNO. The molecule has 0 radical (unpaired) electrons. The van der Waals surface area contributed by atoms with Gasteiger partial charge in [0, 0.05) is 12.1 Å². The predicted molar refractivity (Wildman–Crippen MR) is 74.5 cm³/mol. The first-order chi connectivity index (χ1) is 9.06. The number of phenolic OH excluding ortho intramolecular Hbond substituents is 1. The van der Waals surface area contributed by atoms with Gasteiger partial charge in [0.15, 0.2) is 0 Å². The molecule has 0 spiro atoms. The first kappa shape index (κ1) is 13.6. The van der Waals surface area contributed by atoms with Gasteiger partial charge < -0.3 is 10.4 Å². The number of hydrogen-bond donors (Lipinski definition) is 2. The van der Waals surface area contributed by atoms with Crippen molar-refractivity contribution in [3.05, 3.63) is 65.5 Å². The van der Waals surface area contributed by atoms with Crippen LogP contribution >= 0.6 is 0 Å². The van der Waals surface area contributed by atoms with E-state index in [2.05, 4.69) is 12.2 Å². The highest BCUT2D eigenvalue weighted by Crippen LogP contribution is 2.21. The first-order valence-corrected chi connectivity index (χ1v) is 6.36. The Morgan fingerprint density at radius 1 is 0.842 bits per heavy atom. The third-order valence-corrected chi connectivity index (χ3v) is 3.26. The molecule has 3 heteroatoms. The maximum absolute atomic E-state index is 12.9. The van der Waals surface area contributed by atoms with E-state index in [0.29, 0.717) is 0 Å². The number of nitrogens with one attached hydrogen (secondary N) is 1. The highest BCUT2D eigenvalue weighted by atomic mass is 19.1. The molecule has 0 aliphatic heterocycles. The van der Waals surface area contributed by atoms with E-state index in [1.807, 2.05) is 19.1 Å². The summed E-state index contributed by atoms with van der Waals surface area (Å²) in [5.41, 5.74) is 2.15. The van der Waals surface area contributed by atoms with E-state index in [4.69, 9.17) is 0 Å². The molecule has 0 bridgehead atoms. The molecule has 0 heterocycles. The highest BCUT2D eigenvalue weighted by molar-refractivity contribution is 5.28. The van der Waals surface area contributed by atoms with Gasteiger partial charge in [0.05, 0.1) is 0 Å². The summed E-state index contributed by atoms with van der Waals surface area (Å²) in [5, 5.41) is 12.7. The second-order valence-electron chi connectivity index (χ2n) is 4.75. The van der Waals surface area contributed by atoms with Gasteiger partial charge in [-0.3, -0.25) is 0 Å². The zero-order chi connectivity index (χ0) is 13.8. The summed E-state index contributed by atoms with van der Waals surface area (Å²) in [6.07, 6.45) is 0. The minimum Gasteiger partial charge on any atom is -0.508 e. The van der Waals surface area contributed by atoms with Gasteiger partial charge in [0.2, 0.25) is 0 Å².